The first-order chi connectivity index (χ1) is 9.38. The first-order valence-electron chi connectivity index (χ1n) is 6.62. The third-order valence-corrected chi connectivity index (χ3v) is 4.44. The molecule has 1 rings (SSSR count). The Labute approximate surface area is 121 Å². The zero-order valence-corrected chi connectivity index (χ0v) is 12.2. The Kier molecular flexibility index (Phi) is 7.01. The van der Waals surface area contributed by atoms with Gasteiger partial charge in [-0.2, -0.15) is 11.8 Å². The molecule has 1 heterocycles. The summed E-state index contributed by atoms with van der Waals surface area (Å²) in [5.74, 6) is -1.48. The van der Waals surface area contributed by atoms with E-state index >= 15 is 0 Å². The third-order valence-electron chi connectivity index (χ3n) is 3.06. The van der Waals surface area contributed by atoms with Crippen molar-refractivity contribution in [3.05, 3.63) is 0 Å². The number of cyclic esters (lactones) is 1. The molecule has 0 aromatic carbocycles. The fourth-order valence-corrected chi connectivity index (χ4v) is 3.07. The second-order valence-electron chi connectivity index (χ2n) is 4.93. The number of aliphatic hydroxyl groups excluding tert-OH is 1. The van der Waals surface area contributed by atoms with Crippen LogP contribution in [-0.2, 0) is 19.1 Å². The minimum absolute atomic E-state index is 0.0126. The summed E-state index contributed by atoms with van der Waals surface area (Å²) in [5, 5.41) is 17.7. The molecule has 0 saturated carbocycles. The molecule has 1 fully saturated rings. The molecule has 1 aliphatic heterocycles. The lowest BCUT2D eigenvalue weighted by atomic mass is 10.0. The number of ether oxygens (including phenoxy) is 1. The van der Waals surface area contributed by atoms with Crippen LogP contribution >= 0.6 is 11.8 Å². The largest absolute Gasteiger partial charge is 0.479 e. The Balaban J connectivity index is 2.53. The minimum atomic E-state index is -1.45. The Hall–Kier alpha value is -1.08. The van der Waals surface area contributed by atoms with Gasteiger partial charge in [0, 0.05) is 30.3 Å². The van der Waals surface area contributed by atoms with Gasteiger partial charge in [-0.3, -0.25) is 9.59 Å². The van der Waals surface area contributed by atoms with Gasteiger partial charge in [-0.1, -0.05) is 0 Å². The smallest absolute Gasteiger partial charge is 0.333 e. The van der Waals surface area contributed by atoms with Gasteiger partial charge in [0.2, 0.25) is 0 Å². The summed E-state index contributed by atoms with van der Waals surface area (Å²) >= 11 is 1.22. The van der Waals surface area contributed by atoms with Crippen LogP contribution in [-0.4, -0.2) is 51.1 Å². The molecule has 0 unspecified atom stereocenters. The summed E-state index contributed by atoms with van der Waals surface area (Å²) < 4.78 is 5.14. The van der Waals surface area contributed by atoms with Crippen LogP contribution in [0.15, 0.2) is 0 Å². The van der Waals surface area contributed by atoms with Crippen molar-refractivity contribution in [3.63, 3.8) is 0 Å². The van der Waals surface area contributed by atoms with Crippen molar-refractivity contribution in [2.45, 2.75) is 56.5 Å². The molecule has 0 spiro atoms. The molecular formula is C13H20O6S. The lowest BCUT2D eigenvalue weighted by molar-refractivity contribution is -0.149. The molecule has 7 heteroatoms. The maximum Gasteiger partial charge on any atom is 0.333 e. The number of carbonyl (C=O) groups is 3. The highest BCUT2D eigenvalue weighted by molar-refractivity contribution is 8.00. The van der Waals surface area contributed by atoms with E-state index in [1.165, 1.54) is 11.8 Å². The number of thioether (sulfide) groups is 1. The molecule has 0 aliphatic carbocycles. The first-order valence-corrected chi connectivity index (χ1v) is 7.67. The highest BCUT2D eigenvalue weighted by atomic mass is 32.2. The van der Waals surface area contributed by atoms with E-state index < -0.39 is 12.1 Å². The van der Waals surface area contributed by atoms with Crippen LogP contribution in [0.3, 0.4) is 0 Å². The molecule has 0 aromatic rings. The number of esters is 1. The van der Waals surface area contributed by atoms with E-state index in [4.69, 9.17) is 9.84 Å². The second kappa shape index (κ2) is 8.26. The average Bonchev–Trinajstić information content (AvgIpc) is 2.38. The van der Waals surface area contributed by atoms with E-state index in [0.29, 0.717) is 25.7 Å². The topological polar surface area (TPSA) is 101 Å². The predicted molar refractivity (Wildman–Crippen MR) is 73.5 cm³/mol. The average molecular weight is 304 g/mol. The summed E-state index contributed by atoms with van der Waals surface area (Å²) in [5.41, 5.74) is 0. The van der Waals surface area contributed by atoms with E-state index in [0.717, 1.165) is 0 Å². The summed E-state index contributed by atoms with van der Waals surface area (Å²) in [6.07, 6.45) is 0.137. The number of carbonyl (C=O) groups excluding carboxylic acids is 2. The van der Waals surface area contributed by atoms with Crippen molar-refractivity contribution in [3.8, 4) is 0 Å². The molecule has 0 aromatic heterocycles. The Morgan fingerprint density at radius 2 is 2.10 bits per heavy atom. The van der Waals surface area contributed by atoms with Gasteiger partial charge >= 0.3 is 11.9 Å². The van der Waals surface area contributed by atoms with Gasteiger partial charge in [-0.05, 0) is 19.8 Å². The van der Waals surface area contributed by atoms with E-state index in [-0.39, 0.29) is 35.3 Å². The van der Waals surface area contributed by atoms with E-state index in [2.05, 4.69) is 0 Å². The number of Topliss-reactive ketones (excluding diaryl/α,β-unsaturated/α-hetero) is 1. The molecular weight excluding hydrogens is 284 g/mol. The van der Waals surface area contributed by atoms with Crippen LogP contribution in [0, 0.1) is 0 Å². The highest BCUT2D eigenvalue weighted by Gasteiger charge is 2.23. The number of ketones is 1. The van der Waals surface area contributed by atoms with Crippen LogP contribution in [0.4, 0.5) is 0 Å². The minimum Gasteiger partial charge on any atom is -0.479 e. The molecule has 2 N–H and O–H groups in total. The zero-order chi connectivity index (χ0) is 15.1. The van der Waals surface area contributed by atoms with Crippen LogP contribution < -0.4 is 0 Å². The van der Waals surface area contributed by atoms with Crippen molar-refractivity contribution in [2.75, 3.05) is 5.75 Å². The Bertz CT molecular complexity index is 370. The van der Waals surface area contributed by atoms with Crippen molar-refractivity contribution >= 4 is 29.5 Å². The van der Waals surface area contributed by atoms with Gasteiger partial charge in [-0.15, -0.1) is 0 Å². The normalized spacial score (nSPS) is 26.7. The van der Waals surface area contributed by atoms with Gasteiger partial charge in [0.1, 0.15) is 5.78 Å². The van der Waals surface area contributed by atoms with Crippen LogP contribution in [0.5, 0.6) is 0 Å². The second-order valence-corrected chi connectivity index (χ2v) is 6.26. The molecule has 20 heavy (non-hydrogen) atoms. The molecule has 0 bridgehead atoms. The number of aliphatic hydroxyl groups is 1. The molecule has 114 valence electrons. The maximum absolute atomic E-state index is 11.8. The highest BCUT2D eigenvalue weighted by Crippen LogP contribution is 2.24. The number of aliphatic carboxylic acids is 1. The van der Waals surface area contributed by atoms with Crippen molar-refractivity contribution in [2.24, 2.45) is 0 Å². The fourth-order valence-electron chi connectivity index (χ4n) is 1.88. The fraction of sp³-hybridized carbons (Fsp3) is 0.769. The lowest BCUT2D eigenvalue weighted by Crippen LogP contribution is -2.25. The van der Waals surface area contributed by atoms with Crippen molar-refractivity contribution < 1.29 is 29.3 Å². The maximum atomic E-state index is 11.8. The molecule has 3 atom stereocenters. The van der Waals surface area contributed by atoms with Gasteiger partial charge in [-0.25, -0.2) is 4.79 Å². The number of carboxylic acid groups (broad SMARTS) is 1. The molecule has 0 radical (unpaired) electrons. The van der Waals surface area contributed by atoms with E-state index in [1.54, 1.807) is 6.92 Å². The van der Waals surface area contributed by atoms with Gasteiger partial charge in [0.05, 0.1) is 6.10 Å². The molecule has 1 saturated heterocycles. The van der Waals surface area contributed by atoms with E-state index in [9.17, 15) is 19.5 Å². The van der Waals surface area contributed by atoms with E-state index in [1.807, 2.05) is 0 Å². The Morgan fingerprint density at radius 3 is 2.75 bits per heavy atom. The number of rotatable bonds is 4. The molecule has 1 aliphatic rings. The van der Waals surface area contributed by atoms with Crippen LogP contribution in [0.25, 0.3) is 0 Å². The standard InChI is InChI=1S/C13H20O6S/c1-8-2-3-9(14)6-10(4-5-12(16)19-8)20-7-11(15)13(17)18/h8,10-11,15H,2-7H2,1H3,(H,17,18)/t8-,10+,11-/m0/s1. The number of carboxylic acids is 1. The van der Waals surface area contributed by atoms with Gasteiger partial charge in [0.25, 0.3) is 0 Å². The summed E-state index contributed by atoms with van der Waals surface area (Å²) in [7, 11) is 0. The monoisotopic (exact) mass is 304 g/mol. The predicted octanol–water partition coefficient (Wildman–Crippen LogP) is 0.999. The summed E-state index contributed by atoms with van der Waals surface area (Å²) in [4.78, 5) is 33.9. The first kappa shape index (κ1) is 17.0. The molecule has 6 nitrogen and oxygen atoms in total. The van der Waals surface area contributed by atoms with Crippen molar-refractivity contribution in [1.29, 1.82) is 0 Å². The zero-order valence-electron chi connectivity index (χ0n) is 11.4. The summed E-state index contributed by atoms with van der Waals surface area (Å²) in [6.45, 7) is 1.77. The lowest BCUT2D eigenvalue weighted by Gasteiger charge is -2.20. The number of hydrogen-bond donors (Lipinski definition) is 2. The Morgan fingerprint density at radius 1 is 1.40 bits per heavy atom. The van der Waals surface area contributed by atoms with Gasteiger partial charge < -0.3 is 14.9 Å². The molecule has 0 amide bonds. The van der Waals surface area contributed by atoms with Gasteiger partial charge in [0.15, 0.2) is 6.10 Å². The number of hydrogen-bond acceptors (Lipinski definition) is 6. The van der Waals surface area contributed by atoms with Crippen molar-refractivity contribution in [1.82, 2.24) is 0 Å². The van der Waals surface area contributed by atoms with Crippen LogP contribution in [0.1, 0.15) is 39.0 Å². The SMILES string of the molecule is C[C@H]1CCC(=O)C[C@H](SC[C@H](O)C(=O)O)CCC(=O)O1. The van der Waals surface area contributed by atoms with Crippen LogP contribution in [0.2, 0.25) is 0 Å². The summed E-state index contributed by atoms with van der Waals surface area (Å²) in [6, 6.07) is 0. The quantitative estimate of drug-likeness (QED) is 0.747. The third kappa shape index (κ3) is 6.38.